The van der Waals surface area contributed by atoms with Gasteiger partial charge in [-0.2, -0.15) is 0 Å². The molecule has 4 nitrogen and oxygen atoms in total. The summed E-state index contributed by atoms with van der Waals surface area (Å²) in [6, 6.07) is 8.12. The second kappa shape index (κ2) is 12.7. The van der Waals surface area contributed by atoms with E-state index in [1.165, 1.54) is 19.3 Å². The molecule has 1 saturated heterocycles. The highest BCUT2D eigenvalue weighted by molar-refractivity contribution is 5.28. The maximum atomic E-state index is 5.89. The van der Waals surface area contributed by atoms with Crippen molar-refractivity contribution in [2.75, 3.05) is 26.4 Å². The molecule has 1 fully saturated rings. The topological polar surface area (TPSA) is 36.9 Å². The van der Waals surface area contributed by atoms with Crippen LogP contribution in [0.2, 0.25) is 0 Å². The van der Waals surface area contributed by atoms with Gasteiger partial charge in [-0.05, 0) is 31.0 Å². The van der Waals surface area contributed by atoms with Gasteiger partial charge in [0, 0.05) is 0 Å². The Morgan fingerprint density at radius 2 is 1.88 bits per heavy atom. The Bertz CT molecular complexity index is 528. The molecule has 1 aromatic rings. The molecule has 4 heteroatoms. The maximum absolute atomic E-state index is 5.89. The van der Waals surface area contributed by atoms with E-state index in [4.69, 9.17) is 18.9 Å². The number of ether oxygens (including phenoxy) is 4. The van der Waals surface area contributed by atoms with E-state index < -0.39 is 0 Å². The second-order valence-corrected chi connectivity index (χ2v) is 6.35. The van der Waals surface area contributed by atoms with Gasteiger partial charge in [-0.15, -0.1) is 0 Å². The smallest absolute Gasteiger partial charge is 0.181 e. The van der Waals surface area contributed by atoms with Gasteiger partial charge in [0.05, 0.1) is 26.4 Å². The standard InChI is InChI=1S/C22H32O4/c1-3-5-7-9-15-23-20-13-11-19(12-14-20)21-17-26-22(18-25-21)24-16-10-8-6-4-2/h4,6,8,10-14,21-22H,3,5,7,9,15-18H2,1-2H3/b6-4+,10-8+/t21-,22+/m1/s1. The van der Waals surface area contributed by atoms with E-state index in [1.807, 2.05) is 43.4 Å². The molecule has 0 radical (unpaired) electrons. The van der Waals surface area contributed by atoms with Crippen LogP contribution < -0.4 is 4.74 Å². The molecule has 0 unspecified atom stereocenters. The highest BCUT2D eigenvalue weighted by Crippen LogP contribution is 2.25. The van der Waals surface area contributed by atoms with Crippen LogP contribution in [-0.2, 0) is 14.2 Å². The van der Waals surface area contributed by atoms with E-state index in [1.54, 1.807) is 0 Å². The van der Waals surface area contributed by atoms with E-state index in [9.17, 15) is 0 Å². The minimum absolute atomic E-state index is 0.0491. The normalized spacial score (nSPS) is 20.8. The first-order chi connectivity index (χ1) is 12.8. The van der Waals surface area contributed by atoms with Crippen LogP contribution in [0, 0.1) is 0 Å². The molecular weight excluding hydrogens is 328 g/mol. The molecular formula is C22H32O4. The molecule has 0 amide bonds. The van der Waals surface area contributed by atoms with Crippen LogP contribution in [-0.4, -0.2) is 32.7 Å². The Hall–Kier alpha value is -1.62. The van der Waals surface area contributed by atoms with E-state index in [0.29, 0.717) is 19.8 Å². The number of hydrogen-bond donors (Lipinski definition) is 0. The third-order valence-electron chi connectivity index (χ3n) is 4.20. The summed E-state index contributed by atoms with van der Waals surface area (Å²) in [6.45, 7) is 6.44. The molecule has 0 spiro atoms. The van der Waals surface area contributed by atoms with E-state index >= 15 is 0 Å². The lowest BCUT2D eigenvalue weighted by Crippen LogP contribution is -2.33. The van der Waals surface area contributed by atoms with Crippen molar-refractivity contribution in [3.8, 4) is 5.75 Å². The summed E-state index contributed by atoms with van der Waals surface area (Å²) in [5.74, 6) is 0.913. The van der Waals surface area contributed by atoms with Gasteiger partial charge in [-0.25, -0.2) is 0 Å². The van der Waals surface area contributed by atoms with Gasteiger partial charge in [-0.3, -0.25) is 0 Å². The summed E-state index contributed by atoms with van der Waals surface area (Å²) in [7, 11) is 0. The minimum Gasteiger partial charge on any atom is -0.494 e. The highest BCUT2D eigenvalue weighted by Gasteiger charge is 2.23. The van der Waals surface area contributed by atoms with Crippen LogP contribution in [0.15, 0.2) is 48.6 Å². The molecule has 0 aliphatic carbocycles. The zero-order valence-corrected chi connectivity index (χ0v) is 16.1. The van der Waals surface area contributed by atoms with Crippen LogP contribution in [0.3, 0.4) is 0 Å². The SMILES string of the molecule is C/C=C/C=C/CO[C@@H]1CO[C@@H](c2ccc(OCCCCCC)cc2)CO1. The third kappa shape index (κ3) is 7.73. The third-order valence-corrected chi connectivity index (χ3v) is 4.20. The Morgan fingerprint density at radius 1 is 1.04 bits per heavy atom. The average Bonchev–Trinajstić information content (AvgIpc) is 2.69. The predicted molar refractivity (Wildman–Crippen MR) is 104 cm³/mol. The van der Waals surface area contributed by atoms with Gasteiger partial charge in [0.15, 0.2) is 6.29 Å². The molecule has 26 heavy (non-hydrogen) atoms. The lowest BCUT2D eigenvalue weighted by Gasteiger charge is -2.29. The average molecular weight is 360 g/mol. The fourth-order valence-corrected chi connectivity index (χ4v) is 2.68. The molecule has 1 heterocycles. The van der Waals surface area contributed by atoms with Crippen molar-refractivity contribution in [2.45, 2.75) is 51.9 Å². The summed E-state index contributed by atoms with van der Waals surface area (Å²) >= 11 is 0. The van der Waals surface area contributed by atoms with Gasteiger partial charge in [0.2, 0.25) is 0 Å². The molecule has 2 atom stereocenters. The Kier molecular flexibility index (Phi) is 10.1. The molecule has 0 saturated carbocycles. The van der Waals surface area contributed by atoms with Gasteiger partial charge < -0.3 is 18.9 Å². The van der Waals surface area contributed by atoms with E-state index in [0.717, 1.165) is 24.3 Å². The second-order valence-electron chi connectivity index (χ2n) is 6.35. The van der Waals surface area contributed by atoms with Crippen molar-refractivity contribution in [3.63, 3.8) is 0 Å². The lowest BCUT2D eigenvalue weighted by atomic mass is 10.1. The molecule has 0 N–H and O–H groups in total. The summed E-state index contributed by atoms with van der Waals surface area (Å²) < 4.78 is 23.0. The first-order valence-corrected chi connectivity index (χ1v) is 9.69. The highest BCUT2D eigenvalue weighted by atomic mass is 16.7. The lowest BCUT2D eigenvalue weighted by molar-refractivity contribution is -0.232. The zero-order chi connectivity index (χ0) is 18.5. The van der Waals surface area contributed by atoms with Crippen molar-refractivity contribution >= 4 is 0 Å². The van der Waals surface area contributed by atoms with Crippen molar-refractivity contribution < 1.29 is 18.9 Å². The fraction of sp³-hybridized carbons (Fsp3) is 0.545. The minimum atomic E-state index is -0.299. The Balaban J connectivity index is 1.67. The van der Waals surface area contributed by atoms with Crippen LogP contribution in [0.5, 0.6) is 5.75 Å². The van der Waals surface area contributed by atoms with Crippen molar-refractivity contribution in [1.82, 2.24) is 0 Å². The van der Waals surface area contributed by atoms with Gasteiger partial charge in [-0.1, -0.05) is 62.6 Å². The largest absolute Gasteiger partial charge is 0.494 e. The quantitative estimate of drug-likeness (QED) is 0.401. The van der Waals surface area contributed by atoms with Crippen molar-refractivity contribution in [2.24, 2.45) is 0 Å². The first kappa shape index (κ1) is 20.7. The van der Waals surface area contributed by atoms with Gasteiger partial charge >= 0.3 is 0 Å². The van der Waals surface area contributed by atoms with E-state index in [2.05, 4.69) is 19.1 Å². The number of benzene rings is 1. The maximum Gasteiger partial charge on any atom is 0.181 e. The Morgan fingerprint density at radius 3 is 2.58 bits per heavy atom. The molecule has 1 aliphatic heterocycles. The predicted octanol–water partition coefficient (Wildman–Crippen LogP) is 5.21. The monoisotopic (exact) mass is 360 g/mol. The summed E-state index contributed by atoms with van der Waals surface area (Å²) in [6.07, 6.45) is 12.4. The molecule has 0 bridgehead atoms. The summed E-state index contributed by atoms with van der Waals surface area (Å²) in [4.78, 5) is 0. The zero-order valence-electron chi connectivity index (χ0n) is 16.1. The number of unbranched alkanes of at least 4 members (excludes halogenated alkanes) is 3. The Labute approximate surface area is 157 Å². The van der Waals surface area contributed by atoms with Crippen LogP contribution in [0.25, 0.3) is 0 Å². The summed E-state index contributed by atoms with van der Waals surface area (Å²) in [5.41, 5.74) is 1.11. The van der Waals surface area contributed by atoms with Crippen LogP contribution >= 0.6 is 0 Å². The van der Waals surface area contributed by atoms with E-state index in [-0.39, 0.29) is 12.4 Å². The molecule has 1 aromatic carbocycles. The first-order valence-electron chi connectivity index (χ1n) is 9.69. The van der Waals surface area contributed by atoms with Crippen molar-refractivity contribution in [1.29, 1.82) is 0 Å². The van der Waals surface area contributed by atoms with Crippen LogP contribution in [0.1, 0.15) is 51.2 Å². The number of hydrogen-bond acceptors (Lipinski definition) is 4. The molecule has 144 valence electrons. The fourth-order valence-electron chi connectivity index (χ4n) is 2.68. The van der Waals surface area contributed by atoms with Gasteiger partial charge in [0.25, 0.3) is 0 Å². The van der Waals surface area contributed by atoms with Crippen LogP contribution in [0.4, 0.5) is 0 Å². The van der Waals surface area contributed by atoms with Gasteiger partial charge in [0.1, 0.15) is 11.9 Å². The molecule has 2 rings (SSSR count). The number of rotatable bonds is 11. The van der Waals surface area contributed by atoms with Crippen molar-refractivity contribution in [3.05, 3.63) is 54.1 Å². The molecule has 1 aliphatic rings. The number of allylic oxidation sites excluding steroid dienone is 3. The molecule has 0 aromatic heterocycles. The summed E-state index contributed by atoms with van der Waals surface area (Å²) in [5, 5.41) is 0.